The van der Waals surface area contributed by atoms with Crippen LogP contribution in [0.5, 0.6) is 0 Å². The molecule has 0 radical (unpaired) electrons. The van der Waals surface area contributed by atoms with Gasteiger partial charge >= 0.3 is 12.0 Å². The van der Waals surface area contributed by atoms with E-state index in [2.05, 4.69) is 5.32 Å². The fourth-order valence-electron chi connectivity index (χ4n) is 0.910. The zero-order valence-corrected chi connectivity index (χ0v) is 9.23. The highest BCUT2D eigenvalue weighted by Crippen LogP contribution is 2.00. The second kappa shape index (κ2) is 6.23. The molecule has 0 aliphatic rings. The smallest absolute Gasteiger partial charge is 0.328 e. The monoisotopic (exact) mass is 218 g/mol. The van der Waals surface area contributed by atoms with Crippen molar-refractivity contribution in [3.05, 3.63) is 0 Å². The number of urea groups is 1. The topological polar surface area (TPSA) is 89.9 Å². The lowest BCUT2D eigenvalue weighted by molar-refractivity contribution is -0.140. The minimum atomic E-state index is -1.25. The fourth-order valence-corrected chi connectivity index (χ4v) is 0.910. The van der Waals surface area contributed by atoms with Gasteiger partial charge in [0.25, 0.3) is 0 Å². The lowest BCUT2D eigenvalue weighted by Crippen LogP contribution is -2.50. The summed E-state index contributed by atoms with van der Waals surface area (Å²) in [4.78, 5) is 23.4. The van der Waals surface area contributed by atoms with Crippen molar-refractivity contribution in [1.82, 2.24) is 10.2 Å². The molecule has 6 heteroatoms. The van der Waals surface area contributed by atoms with Crippen LogP contribution in [-0.4, -0.2) is 52.9 Å². The highest BCUT2D eigenvalue weighted by Gasteiger charge is 2.22. The number of carbonyl (C=O) groups excluding carboxylic acids is 1. The first-order valence-electron chi connectivity index (χ1n) is 4.81. The van der Waals surface area contributed by atoms with Crippen LogP contribution in [-0.2, 0) is 4.79 Å². The van der Waals surface area contributed by atoms with Crippen molar-refractivity contribution >= 4 is 12.0 Å². The Morgan fingerprint density at radius 2 is 2.00 bits per heavy atom. The molecule has 0 aromatic rings. The number of aliphatic hydroxyl groups is 1. The third kappa shape index (κ3) is 4.16. The third-order valence-electron chi connectivity index (χ3n) is 2.35. The Bertz CT molecular complexity index is 232. The molecule has 0 spiro atoms. The average Bonchev–Trinajstić information content (AvgIpc) is 2.22. The molecule has 0 rings (SSSR count). The van der Waals surface area contributed by atoms with E-state index in [9.17, 15) is 9.59 Å². The Labute approximate surface area is 88.9 Å². The van der Waals surface area contributed by atoms with Crippen LogP contribution in [0.3, 0.4) is 0 Å². The van der Waals surface area contributed by atoms with Crippen LogP contribution in [0.2, 0.25) is 0 Å². The van der Waals surface area contributed by atoms with Gasteiger partial charge in [-0.2, -0.15) is 0 Å². The van der Waals surface area contributed by atoms with E-state index in [1.807, 2.05) is 13.8 Å². The van der Waals surface area contributed by atoms with Gasteiger partial charge in [0.15, 0.2) is 6.04 Å². The molecule has 2 atom stereocenters. The number of carbonyl (C=O) groups is 2. The molecule has 88 valence electrons. The number of aliphatic hydroxyl groups excluding tert-OH is 1. The Kier molecular flexibility index (Phi) is 5.69. The molecule has 0 aromatic heterocycles. The largest absolute Gasteiger partial charge is 0.480 e. The van der Waals surface area contributed by atoms with Gasteiger partial charge in [0.1, 0.15) is 0 Å². The van der Waals surface area contributed by atoms with Gasteiger partial charge in [-0.05, 0) is 13.3 Å². The molecule has 6 nitrogen and oxygen atoms in total. The van der Waals surface area contributed by atoms with Gasteiger partial charge in [-0.3, -0.25) is 0 Å². The van der Waals surface area contributed by atoms with Crippen LogP contribution in [0.25, 0.3) is 0 Å². The molecule has 15 heavy (non-hydrogen) atoms. The van der Waals surface area contributed by atoms with Crippen molar-refractivity contribution in [2.24, 2.45) is 0 Å². The summed E-state index contributed by atoms with van der Waals surface area (Å²) in [6, 6.07) is -1.71. The third-order valence-corrected chi connectivity index (χ3v) is 2.35. The Balaban J connectivity index is 4.28. The number of nitrogens with one attached hydrogen (secondary N) is 1. The predicted octanol–water partition coefficient (Wildman–Crippen LogP) is -0.128. The van der Waals surface area contributed by atoms with Gasteiger partial charge in [-0.25, -0.2) is 9.59 Å². The SMILES string of the molecule is CCC(C)N(C)C(=O)NC(CO)C(=O)O. The molecule has 0 heterocycles. The van der Waals surface area contributed by atoms with Crippen molar-refractivity contribution in [2.75, 3.05) is 13.7 Å². The number of amides is 2. The summed E-state index contributed by atoms with van der Waals surface area (Å²) in [5.74, 6) is -1.25. The van der Waals surface area contributed by atoms with Crippen molar-refractivity contribution in [1.29, 1.82) is 0 Å². The summed E-state index contributed by atoms with van der Waals surface area (Å²) < 4.78 is 0. The number of hydrogen-bond acceptors (Lipinski definition) is 3. The summed E-state index contributed by atoms with van der Waals surface area (Å²) in [6.07, 6.45) is 0.779. The van der Waals surface area contributed by atoms with Crippen molar-refractivity contribution in [3.8, 4) is 0 Å². The highest BCUT2D eigenvalue weighted by atomic mass is 16.4. The van der Waals surface area contributed by atoms with E-state index in [0.717, 1.165) is 6.42 Å². The van der Waals surface area contributed by atoms with Crippen LogP contribution in [0, 0.1) is 0 Å². The van der Waals surface area contributed by atoms with E-state index >= 15 is 0 Å². The lowest BCUT2D eigenvalue weighted by atomic mass is 10.2. The summed E-state index contributed by atoms with van der Waals surface area (Å²) >= 11 is 0. The maximum absolute atomic E-state index is 11.5. The summed E-state index contributed by atoms with van der Waals surface area (Å²) in [6.45, 7) is 3.17. The molecule has 0 aromatic carbocycles. The molecule has 0 fully saturated rings. The summed E-state index contributed by atoms with van der Waals surface area (Å²) in [5.41, 5.74) is 0. The minimum absolute atomic E-state index is 0.0261. The van der Waals surface area contributed by atoms with E-state index in [-0.39, 0.29) is 6.04 Å². The molecule has 2 amide bonds. The van der Waals surface area contributed by atoms with Crippen LogP contribution < -0.4 is 5.32 Å². The first kappa shape index (κ1) is 13.7. The van der Waals surface area contributed by atoms with Crippen LogP contribution in [0.1, 0.15) is 20.3 Å². The van der Waals surface area contributed by atoms with Crippen LogP contribution >= 0.6 is 0 Å². The molecular weight excluding hydrogens is 200 g/mol. The average molecular weight is 218 g/mol. The standard InChI is InChI=1S/C9H18N2O4/c1-4-6(2)11(3)9(15)10-7(5-12)8(13)14/h6-7,12H,4-5H2,1-3H3,(H,10,15)(H,13,14). The van der Waals surface area contributed by atoms with Crippen molar-refractivity contribution in [2.45, 2.75) is 32.4 Å². The van der Waals surface area contributed by atoms with Crippen LogP contribution in [0.4, 0.5) is 4.79 Å². The molecule has 0 saturated heterocycles. The zero-order chi connectivity index (χ0) is 12.0. The quantitative estimate of drug-likeness (QED) is 0.599. The highest BCUT2D eigenvalue weighted by molar-refractivity contribution is 5.82. The van der Waals surface area contributed by atoms with Crippen molar-refractivity contribution in [3.63, 3.8) is 0 Å². The maximum Gasteiger partial charge on any atom is 0.328 e. The van der Waals surface area contributed by atoms with Crippen LogP contribution in [0.15, 0.2) is 0 Å². The lowest BCUT2D eigenvalue weighted by Gasteiger charge is -2.25. The van der Waals surface area contributed by atoms with E-state index in [1.54, 1.807) is 7.05 Å². The number of carboxylic acids is 1. The van der Waals surface area contributed by atoms with E-state index in [0.29, 0.717) is 0 Å². The number of rotatable bonds is 5. The van der Waals surface area contributed by atoms with Gasteiger partial charge in [-0.15, -0.1) is 0 Å². The van der Waals surface area contributed by atoms with E-state index < -0.39 is 24.6 Å². The van der Waals surface area contributed by atoms with Gasteiger partial charge in [0, 0.05) is 13.1 Å². The maximum atomic E-state index is 11.5. The molecule has 0 aliphatic carbocycles. The molecule has 3 N–H and O–H groups in total. The zero-order valence-electron chi connectivity index (χ0n) is 9.23. The molecule has 0 aliphatic heterocycles. The summed E-state index contributed by atoms with van der Waals surface area (Å²) in [5, 5.41) is 19.5. The second-order valence-corrected chi connectivity index (χ2v) is 3.39. The second-order valence-electron chi connectivity index (χ2n) is 3.39. The number of hydrogen-bond donors (Lipinski definition) is 3. The fraction of sp³-hybridized carbons (Fsp3) is 0.778. The Morgan fingerprint density at radius 3 is 2.33 bits per heavy atom. The van der Waals surface area contributed by atoms with E-state index in [4.69, 9.17) is 10.2 Å². The Hall–Kier alpha value is -1.30. The Morgan fingerprint density at radius 1 is 1.47 bits per heavy atom. The first-order valence-corrected chi connectivity index (χ1v) is 4.81. The normalized spacial score (nSPS) is 14.1. The molecule has 0 saturated carbocycles. The van der Waals surface area contributed by atoms with E-state index in [1.165, 1.54) is 4.90 Å². The minimum Gasteiger partial charge on any atom is -0.480 e. The molecule has 0 bridgehead atoms. The van der Waals surface area contributed by atoms with Gasteiger partial charge < -0.3 is 20.4 Å². The number of carboxylic acid groups (broad SMARTS) is 1. The number of nitrogens with zero attached hydrogens (tertiary/aromatic N) is 1. The molecule has 2 unspecified atom stereocenters. The first-order chi connectivity index (χ1) is 6.93. The summed E-state index contributed by atoms with van der Waals surface area (Å²) in [7, 11) is 1.58. The van der Waals surface area contributed by atoms with Gasteiger partial charge in [0.05, 0.1) is 6.61 Å². The van der Waals surface area contributed by atoms with Gasteiger partial charge in [-0.1, -0.05) is 6.92 Å². The number of aliphatic carboxylic acids is 1. The van der Waals surface area contributed by atoms with Gasteiger partial charge in [0.2, 0.25) is 0 Å². The predicted molar refractivity (Wildman–Crippen MR) is 54.6 cm³/mol. The van der Waals surface area contributed by atoms with Crippen molar-refractivity contribution < 1.29 is 19.8 Å². The molecular formula is C9H18N2O4.